The topological polar surface area (TPSA) is 29.3 Å². The molecule has 2 nitrogen and oxygen atoms in total. The molecule has 0 aromatic heterocycles. The van der Waals surface area contributed by atoms with Gasteiger partial charge in [-0.1, -0.05) is 45.7 Å². The van der Waals surface area contributed by atoms with Crippen molar-refractivity contribution >= 4 is 38.9 Å². The molecule has 0 unspecified atom stereocenters. The third-order valence-electron chi connectivity index (χ3n) is 3.08. The molecular formula is C15H16BrClN2. The standard InChI is InChI=1S/C15H16BrClN2/c1-10-7-15(14(18)8-13(10)17)19(2)9-11-5-3-4-6-12(11)16/h3-8H,9,18H2,1-2H3. The lowest BCUT2D eigenvalue weighted by Crippen LogP contribution is -2.18. The fourth-order valence-corrected chi connectivity index (χ4v) is 2.56. The van der Waals surface area contributed by atoms with Crippen LogP contribution >= 0.6 is 27.5 Å². The van der Waals surface area contributed by atoms with Crippen molar-refractivity contribution in [2.24, 2.45) is 0 Å². The van der Waals surface area contributed by atoms with Crippen LogP contribution in [0.3, 0.4) is 0 Å². The summed E-state index contributed by atoms with van der Waals surface area (Å²) in [6.45, 7) is 2.77. The molecule has 0 spiro atoms. The van der Waals surface area contributed by atoms with E-state index in [-0.39, 0.29) is 0 Å². The zero-order valence-electron chi connectivity index (χ0n) is 11.0. The highest BCUT2D eigenvalue weighted by Crippen LogP contribution is 2.30. The Morgan fingerprint density at radius 2 is 1.95 bits per heavy atom. The van der Waals surface area contributed by atoms with Gasteiger partial charge in [0.15, 0.2) is 0 Å². The fraction of sp³-hybridized carbons (Fsp3) is 0.200. The Balaban J connectivity index is 2.28. The van der Waals surface area contributed by atoms with Crippen molar-refractivity contribution in [3.05, 3.63) is 57.0 Å². The van der Waals surface area contributed by atoms with E-state index in [0.717, 1.165) is 22.3 Å². The van der Waals surface area contributed by atoms with Crippen LogP contribution in [-0.4, -0.2) is 7.05 Å². The zero-order valence-corrected chi connectivity index (χ0v) is 13.3. The number of nitrogen functional groups attached to an aromatic ring is 1. The van der Waals surface area contributed by atoms with Crippen LogP contribution in [0.2, 0.25) is 5.02 Å². The van der Waals surface area contributed by atoms with E-state index in [1.807, 2.05) is 44.3 Å². The summed E-state index contributed by atoms with van der Waals surface area (Å²) in [5.41, 5.74) is 9.99. The first-order valence-electron chi connectivity index (χ1n) is 5.99. The van der Waals surface area contributed by atoms with Gasteiger partial charge >= 0.3 is 0 Å². The van der Waals surface area contributed by atoms with E-state index < -0.39 is 0 Å². The van der Waals surface area contributed by atoms with Gasteiger partial charge in [-0.25, -0.2) is 0 Å². The maximum Gasteiger partial charge on any atom is 0.0604 e. The van der Waals surface area contributed by atoms with Crippen LogP contribution in [0.5, 0.6) is 0 Å². The summed E-state index contributed by atoms with van der Waals surface area (Å²) < 4.78 is 1.10. The maximum atomic E-state index is 6.07. The number of aryl methyl sites for hydroxylation is 1. The van der Waals surface area contributed by atoms with Gasteiger partial charge in [0, 0.05) is 23.1 Å². The van der Waals surface area contributed by atoms with Crippen molar-refractivity contribution in [1.82, 2.24) is 0 Å². The number of anilines is 2. The van der Waals surface area contributed by atoms with Gasteiger partial charge in [0.2, 0.25) is 0 Å². The second-order valence-electron chi connectivity index (χ2n) is 4.61. The molecule has 0 aliphatic carbocycles. The number of nitrogens with two attached hydrogens (primary N) is 1. The number of hydrogen-bond acceptors (Lipinski definition) is 2. The summed E-state index contributed by atoms with van der Waals surface area (Å²) in [5, 5.41) is 0.704. The van der Waals surface area contributed by atoms with Crippen molar-refractivity contribution in [3.8, 4) is 0 Å². The van der Waals surface area contributed by atoms with E-state index in [1.165, 1.54) is 5.56 Å². The molecule has 2 rings (SSSR count). The highest BCUT2D eigenvalue weighted by Gasteiger charge is 2.10. The molecule has 100 valence electrons. The molecule has 4 heteroatoms. The summed E-state index contributed by atoms with van der Waals surface area (Å²) in [6.07, 6.45) is 0. The van der Waals surface area contributed by atoms with Gasteiger partial charge in [0.05, 0.1) is 11.4 Å². The highest BCUT2D eigenvalue weighted by molar-refractivity contribution is 9.10. The first-order valence-corrected chi connectivity index (χ1v) is 7.16. The van der Waals surface area contributed by atoms with Gasteiger partial charge in [0.25, 0.3) is 0 Å². The van der Waals surface area contributed by atoms with Crippen LogP contribution in [0.15, 0.2) is 40.9 Å². The SMILES string of the molecule is Cc1cc(N(C)Cc2ccccc2Br)c(N)cc1Cl. The Kier molecular flexibility index (Phi) is 4.38. The third-order valence-corrected chi connectivity index (χ3v) is 4.27. The molecule has 19 heavy (non-hydrogen) atoms. The molecule has 0 saturated heterocycles. The van der Waals surface area contributed by atoms with Gasteiger partial charge < -0.3 is 10.6 Å². The van der Waals surface area contributed by atoms with E-state index in [2.05, 4.69) is 26.9 Å². The second kappa shape index (κ2) is 5.85. The molecule has 0 aliphatic rings. The average molecular weight is 340 g/mol. The molecule has 0 saturated carbocycles. The Morgan fingerprint density at radius 3 is 2.63 bits per heavy atom. The van der Waals surface area contributed by atoms with Crippen molar-refractivity contribution in [3.63, 3.8) is 0 Å². The number of halogens is 2. The minimum absolute atomic E-state index is 0.699. The number of nitrogens with zero attached hydrogens (tertiary/aromatic N) is 1. The van der Waals surface area contributed by atoms with Crippen molar-refractivity contribution in [2.45, 2.75) is 13.5 Å². The van der Waals surface area contributed by atoms with Crippen molar-refractivity contribution in [2.75, 3.05) is 17.7 Å². The minimum atomic E-state index is 0.699. The van der Waals surface area contributed by atoms with Gasteiger partial charge in [0.1, 0.15) is 0 Å². The smallest absolute Gasteiger partial charge is 0.0604 e. The van der Waals surface area contributed by atoms with Crippen LogP contribution in [0.1, 0.15) is 11.1 Å². The summed E-state index contributed by atoms with van der Waals surface area (Å²) in [5.74, 6) is 0. The highest BCUT2D eigenvalue weighted by atomic mass is 79.9. The molecule has 0 aliphatic heterocycles. The minimum Gasteiger partial charge on any atom is -0.397 e. The lowest BCUT2D eigenvalue weighted by Gasteiger charge is -2.22. The van der Waals surface area contributed by atoms with Crippen molar-refractivity contribution < 1.29 is 0 Å². The van der Waals surface area contributed by atoms with Crippen LogP contribution in [0, 0.1) is 6.92 Å². The molecule has 0 fully saturated rings. The average Bonchev–Trinajstić information content (AvgIpc) is 2.36. The van der Waals surface area contributed by atoms with E-state index in [0.29, 0.717) is 10.7 Å². The lowest BCUT2D eigenvalue weighted by atomic mass is 10.1. The molecule has 0 amide bonds. The number of rotatable bonds is 3. The second-order valence-corrected chi connectivity index (χ2v) is 5.87. The maximum absolute atomic E-state index is 6.07. The number of benzene rings is 2. The molecule has 2 aromatic rings. The number of hydrogen-bond donors (Lipinski definition) is 1. The van der Waals surface area contributed by atoms with Crippen LogP contribution in [0.25, 0.3) is 0 Å². The molecule has 2 N–H and O–H groups in total. The van der Waals surface area contributed by atoms with Gasteiger partial charge in [-0.15, -0.1) is 0 Å². The fourth-order valence-electron chi connectivity index (χ4n) is 1.98. The lowest BCUT2D eigenvalue weighted by molar-refractivity contribution is 0.919. The Morgan fingerprint density at radius 1 is 1.26 bits per heavy atom. The zero-order chi connectivity index (χ0) is 14.0. The molecular weight excluding hydrogens is 324 g/mol. The third kappa shape index (κ3) is 3.23. The largest absolute Gasteiger partial charge is 0.397 e. The molecule has 0 radical (unpaired) electrons. The van der Waals surface area contributed by atoms with Crippen LogP contribution in [0.4, 0.5) is 11.4 Å². The first-order chi connectivity index (χ1) is 8.99. The molecule has 0 atom stereocenters. The summed E-state index contributed by atoms with van der Waals surface area (Å²) in [7, 11) is 2.03. The normalized spacial score (nSPS) is 10.5. The van der Waals surface area contributed by atoms with E-state index >= 15 is 0 Å². The Labute approximate surface area is 127 Å². The van der Waals surface area contributed by atoms with Crippen LogP contribution < -0.4 is 10.6 Å². The Bertz CT molecular complexity index is 599. The van der Waals surface area contributed by atoms with E-state index in [1.54, 1.807) is 0 Å². The monoisotopic (exact) mass is 338 g/mol. The predicted octanol–water partition coefficient (Wildman–Crippen LogP) is 4.63. The quantitative estimate of drug-likeness (QED) is 0.826. The molecule has 0 bridgehead atoms. The van der Waals surface area contributed by atoms with Crippen molar-refractivity contribution in [1.29, 1.82) is 0 Å². The molecule has 2 aromatic carbocycles. The van der Waals surface area contributed by atoms with Gasteiger partial charge in [-0.05, 0) is 36.2 Å². The van der Waals surface area contributed by atoms with Gasteiger partial charge in [-0.2, -0.15) is 0 Å². The van der Waals surface area contributed by atoms with E-state index in [9.17, 15) is 0 Å². The predicted molar refractivity (Wildman–Crippen MR) is 86.9 cm³/mol. The summed E-state index contributed by atoms with van der Waals surface area (Å²) in [4.78, 5) is 2.12. The van der Waals surface area contributed by atoms with Crippen LogP contribution in [-0.2, 0) is 6.54 Å². The summed E-state index contributed by atoms with van der Waals surface area (Å²) >= 11 is 9.63. The molecule has 0 heterocycles. The van der Waals surface area contributed by atoms with Gasteiger partial charge in [-0.3, -0.25) is 0 Å². The Hall–Kier alpha value is -1.19. The summed E-state index contributed by atoms with van der Waals surface area (Å²) in [6, 6.07) is 12.0. The first kappa shape index (κ1) is 14.2. The van der Waals surface area contributed by atoms with E-state index in [4.69, 9.17) is 17.3 Å².